The van der Waals surface area contributed by atoms with Gasteiger partial charge in [-0.1, -0.05) is 13.3 Å². The third kappa shape index (κ3) is 2.45. The first-order valence-electron chi connectivity index (χ1n) is 5.48. The van der Waals surface area contributed by atoms with Crippen molar-refractivity contribution in [3.63, 3.8) is 0 Å². The number of nitrogens with zero attached hydrogens (tertiary/aromatic N) is 1. The maximum absolute atomic E-state index is 11.8. The first kappa shape index (κ1) is 10.6. The quantitative estimate of drug-likeness (QED) is 0.658. The highest BCUT2D eigenvalue weighted by Crippen LogP contribution is 2.24. The van der Waals surface area contributed by atoms with Gasteiger partial charge in [-0.15, -0.1) is 0 Å². The molecule has 13 heavy (non-hydrogen) atoms. The van der Waals surface area contributed by atoms with Gasteiger partial charge < -0.3 is 4.90 Å². The smallest absolute Gasteiger partial charge is 0.223 e. The van der Waals surface area contributed by atoms with Crippen LogP contribution in [0.25, 0.3) is 0 Å². The Hall–Kier alpha value is -0.530. The summed E-state index contributed by atoms with van der Waals surface area (Å²) in [5, 5.41) is 0. The second-order valence-corrected chi connectivity index (χ2v) is 4.18. The molecule has 1 aliphatic heterocycles. The maximum atomic E-state index is 11.8. The number of hydrogen-bond donors (Lipinski definition) is 0. The number of hydrogen-bond acceptors (Lipinski definition) is 1. The molecule has 2 heteroatoms. The van der Waals surface area contributed by atoms with E-state index in [2.05, 4.69) is 25.7 Å². The molecule has 0 radical (unpaired) electrons. The summed E-state index contributed by atoms with van der Waals surface area (Å²) in [5.74, 6) is 0.361. The summed E-state index contributed by atoms with van der Waals surface area (Å²) < 4.78 is 0. The van der Waals surface area contributed by atoms with E-state index >= 15 is 0 Å². The lowest BCUT2D eigenvalue weighted by Gasteiger charge is -2.26. The van der Waals surface area contributed by atoms with Gasteiger partial charge in [-0.2, -0.15) is 0 Å². The Morgan fingerprint density at radius 3 is 2.31 bits per heavy atom. The number of amides is 1. The molecule has 0 N–H and O–H groups in total. The first-order valence-corrected chi connectivity index (χ1v) is 5.48. The van der Waals surface area contributed by atoms with Crippen LogP contribution in [0.5, 0.6) is 0 Å². The normalized spacial score (nSPS) is 28.1. The summed E-state index contributed by atoms with van der Waals surface area (Å²) in [6, 6.07) is 0.943. The van der Waals surface area contributed by atoms with E-state index in [1.807, 2.05) is 0 Å². The Morgan fingerprint density at radius 2 is 1.85 bits per heavy atom. The fourth-order valence-electron chi connectivity index (χ4n) is 2.14. The van der Waals surface area contributed by atoms with Crippen LogP contribution in [-0.4, -0.2) is 22.9 Å². The van der Waals surface area contributed by atoms with E-state index in [1.165, 1.54) is 12.8 Å². The van der Waals surface area contributed by atoms with E-state index in [0.29, 0.717) is 18.0 Å². The molecule has 1 amide bonds. The Labute approximate surface area is 81.3 Å². The summed E-state index contributed by atoms with van der Waals surface area (Å²) >= 11 is 0. The summed E-state index contributed by atoms with van der Waals surface area (Å²) in [6.07, 6.45) is 5.25. The fraction of sp³-hybridized carbons (Fsp3) is 0.909. The molecule has 1 saturated heterocycles. The molecule has 0 saturated carbocycles. The maximum Gasteiger partial charge on any atom is 0.223 e. The number of carbonyl (C=O) groups excluding carboxylic acids is 1. The number of rotatable bonds is 3. The molecule has 1 heterocycles. The standard InChI is InChI=1S/C11H21NO/c1-4-5-6-11(13)12-9(2)7-8-10(12)3/h9-10H,4-8H2,1-3H3/t9-,10-/m0/s1. The molecule has 0 aromatic heterocycles. The predicted molar refractivity (Wildman–Crippen MR) is 54.5 cm³/mol. The van der Waals surface area contributed by atoms with E-state index < -0.39 is 0 Å². The molecule has 0 aromatic carbocycles. The van der Waals surface area contributed by atoms with Gasteiger partial charge in [-0.3, -0.25) is 4.79 Å². The second-order valence-electron chi connectivity index (χ2n) is 4.18. The van der Waals surface area contributed by atoms with Gasteiger partial charge in [0.25, 0.3) is 0 Å². The molecular weight excluding hydrogens is 162 g/mol. The lowest BCUT2D eigenvalue weighted by atomic mass is 10.2. The summed E-state index contributed by atoms with van der Waals surface area (Å²) in [5.41, 5.74) is 0. The van der Waals surface area contributed by atoms with E-state index in [1.54, 1.807) is 0 Å². The Bertz CT molecular complexity index is 169. The molecule has 2 nitrogen and oxygen atoms in total. The lowest BCUT2D eigenvalue weighted by Crippen LogP contribution is -2.38. The highest BCUT2D eigenvalue weighted by Gasteiger charge is 2.30. The monoisotopic (exact) mass is 183 g/mol. The van der Waals surface area contributed by atoms with Gasteiger partial charge in [0.15, 0.2) is 0 Å². The van der Waals surface area contributed by atoms with Crippen LogP contribution in [0.4, 0.5) is 0 Å². The van der Waals surface area contributed by atoms with Gasteiger partial charge in [0.2, 0.25) is 5.91 Å². The molecule has 1 aliphatic rings. The highest BCUT2D eigenvalue weighted by atomic mass is 16.2. The van der Waals surface area contributed by atoms with Crippen molar-refractivity contribution < 1.29 is 4.79 Å². The van der Waals surface area contributed by atoms with Crippen molar-refractivity contribution in [3.8, 4) is 0 Å². The third-order valence-corrected chi connectivity index (χ3v) is 2.98. The van der Waals surface area contributed by atoms with Gasteiger partial charge in [0.05, 0.1) is 0 Å². The van der Waals surface area contributed by atoms with Crippen molar-refractivity contribution in [1.82, 2.24) is 4.90 Å². The SMILES string of the molecule is CCCCC(=O)N1[C@@H](C)CC[C@@H]1C. The van der Waals surface area contributed by atoms with Crippen LogP contribution in [0.1, 0.15) is 52.9 Å². The van der Waals surface area contributed by atoms with Crippen molar-refractivity contribution in [2.24, 2.45) is 0 Å². The zero-order valence-electron chi connectivity index (χ0n) is 9.05. The minimum absolute atomic E-state index is 0.361. The van der Waals surface area contributed by atoms with Crippen LogP contribution in [0.15, 0.2) is 0 Å². The molecule has 0 unspecified atom stereocenters. The van der Waals surface area contributed by atoms with Gasteiger partial charge in [0.1, 0.15) is 0 Å². The minimum atomic E-state index is 0.361. The number of likely N-dealkylation sites (tertiary alicyclic amines) is 1. The Kier molecular flexibility index (Phi) is 3.76. The average molecular weight is 183 g/mol. The van der Waals surface area contributed by atoms with E-state index in [9.17, 15) is 4.79 Å². The predicted octanol–water partition coefficient (Wildman–Crippen LogP) is 2.58. The summed E-state index contributed by atoms with van der Waals surface area (Å²) in [6.45, 7) is 6.45. The molecular formula is C11H21NO. The Morgan fingerprint density at radius 1 is 1.31 bits per heavy atom. The average Bonchev–Trinajstić information content (AvgIpc) is 2.42. The molecule has 0 aromatic rings. The van der Waals surface area contributed by atoms with E-state index in [4.69, 9.17) is 0 Å². The molecule has 0 spiro atoms. The van der Waals surface area contributed by atoms with Crippen LogP contribution >= 0.6 is 0 Å². The highest BCUT2D eigenvalue weighted by molar-refractivity contribution is 5.77. The largest absolute Gasteiger partial charge is 0.337 e. The van der Waals surface area contributed by atoms with Crippen LogP contribution in [-0.2, 0) is 4.79 Å². The van der Waals surface area contributed by atoms with E-state index in [0.717, 1.165) is 19.3 Å². The topological polar surface area (TPSA) is 20.3 Å². The van der Waals surface area contributed by atoms with Gasteiger partial charge in [0, 0.05) is 18.5 Å². The molecule has 76 valence electrons. The van der Waals surface area contributed by atoms with Crippen LogP contribution in [0, 0.1) is 0 Å². The summed E-state index contributed by atoms with van der Waals surface area (Å²) in [4.78, 5) is 13.8. The van der Waals surface area contributed by atoms with Crippen LogP contribution in [0.3, 0.4) is 0 Å². The van der Waals surface area contributed by atoms with Crippen molar-refractivity contribution in [2.45, 2.75) is 65.0 Å². The molecule has 0 bridgehead atoms. The third-order valence-electron chi connectivity index (χ3n) is 2.98. The second kappa shape index (κ2) is 4.64. The molecule has 1 rings (SSSR count). The zero-order chi connectivity index (χ0) is 9.84. The molecule has 1 fully saturated rings. The van der Waals surface area contributed by atoms with Crippen molar-refractivity contribution in [2.75, 3.05) is 0 Å². The summed E-state index contributed by atoms with van der Waals surface area (Å²) in [7, 11) is 0. The van der Waals surface area contributed by atoms with Gasteiger partial charge >= 0.3 is 0 Å². The Balaban J connectivity index is 2.44. The number of unbranched alkanes of at least 4 members (excludes halogenated alkanes) is 1. The van der Waals surface area contributed by atoms with Crippen LogP contribution < -0.4 is 0 Å². The van der Waals surface area contributed by atoms with Crippen molar-refractivity contribution in [1.29, 1.82) is 0 Å². The van der Waals surface area contributed by atoms with Gasteiger partial charge in [-0.05, 0) is 33.1 Å². The lowest BCUT2D eigenvalue weighted by molar-refractivity contribution is -0.133. The number of carbonyl (C=O) groups is 1. The van der Waals surface area contributed by atoms with Crippen molar-refractivity contribution in [3.05, 3.63) is 0 Å². The minimum Gasteiger partial charge on any atom is -0.337 e. The van der Waals surface area contributed by atoms with Crippen LogP contribution in [0.2, 0.25) is 0 Å². The van der Waals surface area contributed by atoms with E-state index in [-0.39, 0.29) is 0 Å². The molecule has 0 aliphatic carbocycles. The fourth-order valence-corrected chi connectivity index (χ4v) is 2.14. The zero-order valence-corrected chi connectivity index (χ0v) is 9.05. The first-order chi connectivity index (χ1) is 6.16. The van der Waals surface area contributed by atoms with Gasteiger partial charge in [-0.25, -0.2) is 0 Å². The molecule has 2 atom stereocenters. The van der Waals surface area contributed by atoms with Crippen molar-refractivity contribution >= 4 is 5.91 Å².